The van der Waals surface area contributed by atoms with Gasteiger partial charge in [-0.1, -0.05) is 24.3 Å². The number of primary amides is 1. The first-order chi connectivity index (χ1) is 6.74. The monoisotopic (exact) mass is 192 g/mol. The van der Waals surface area contributed by atoms with Gasteiger partial charge in [0.15, 0.2) is 0 Å². The SMILES string of the molecule is NC(=O)NCc1ccccc1CC=O. The molecule has 0 aliphatic rings. The third-order valence-corrected chi connectivity index (χ3v) is 1.87. The van der Waals surface area contributed by atoms with Crippen molar-refractivity contribution in [2.24, 2.45) is 5.73 Å². The molecule has 0 unspecified atom stereocenters. The van der Waals surface area contributed by atoms with Crippen molar-refractivity contribution in [2.75, 3.05) is 0 Å². The van der Waals surface area contributed by atoms with E-state index in [1.807, 2.05) is 24.3 Å². The molecule has 4 nitrogen and oxygen atoms in total. The lowest BCUT2D eigenvalue weighted by Crippen LogP contribution is -2.29. The molecule has 1 aromatic carbocycles. The molecule has 0 fully saturated rings. The molecule has 0 atom stereocenters. The smallest absolute Gasteiger partial charge is 0.312 e. The number of amides is 2. The molecule has 0 aliphatic heterocycles. The molecule has 0 saturated carbocycles. The summed E-state index contributed by atoms with van der Waals surface area (Å²) in [5, 5.41) is 2.48. The maximum Gasteiger partial charge on any atom is 0.312 e. The highest BCUT2D eigenvalue weighted by atomic mass is 16.2. The van der Waals surface area contributed by atoms with Gasteiger partial charge in [0, 0.05) is 13.0 Å². The number of aldehydes is 1. The summed E-state index contributed by atoms with van der Waals surface area (Å²) in [5.74, 6) is 0. The molecule has 0 heterocycles. The van der Waals surface area contributed by atoms with E-state index < -0.39 is 6.03 Å². The number of hydrogen-bond acceptors (Lipinski definition) is 2. The number of carbonyl (C=O) groups excluding carboxylic acids is 2. The Hall–Kier alpha value is -1.84. The van der Waals surface area contributed by atoms with Crippen LogP contribution in [0.4, 0.5) is 4.79 Å². The van der Waals surface area contributed by atoms with Crippen LogP contribution in [0.3, 0.4) is 0 Å². The topological polar surface area (TPSA) is 72.2 Å². The van der Waals surface area contributed by atoms with Gasteiger partial charge in [0.2, 0.25) is 0 Å². The highest BCUT2D eigenvalue weighted by molar-refractivity contribution is 5.71. The average molecular weight is 192 g/mol. The van der Waals surface area contributed by atoms with Gasteiger partial charge in [-0.05, 0) is 11.1 Å². The maximum atomic E-state index is 10.5. The zero-order chi connectivity index (χ0) is 10.4. The van der Waals surface area contributed by atoms with Gasteiger partial charge < -0.3 is 15.8 Å². The second kappa shape index (κ2) is 5.01. The molecule has 0 radical (unpaired) electrons. The highest BCUT2D eigenvalue weighted by Crippen LogP contribution is 2.08. The van der Waals surface area contributed by atoms with E-state index >= 15 is 0 Å². The van der Waals surface area contributed by atoms with Crippen molar-refractivity contribution in [3.63, 3.8) is 0 Å². The second-order valence-corrected chi connectivity index (χ2v) is 2.86. The van der Waals surface area contributed by atoms with E-state index in [1.54, 1.807) is 0 Å². The van der Waals surface area contributed by atoms with E-state index in [2.05, 4.69) is 5.32 Å². The van der Waals surface area contributed by atoms with E-state index in [4.69, 9.17) is 5.73 Å². The molecule has 0 aliphatic carbocycles. The third kappa shape index (κ3) is 2.90. The Kier molecular flexibility index (Phi) is 3.67. The molecule has 0 bridgehead atoms. The number of nitrogens with two attached hydrogens (primary N) is 1. The summed E-state index contributed by atoms with van der Waals surface area (Å²) in [7, 11) is 0. The quantitative estimate of drug-likeness (QED) is 0.685. The fraction of sp³-hybridized carbons (Fsp3) is 0.200. The van der Waals surface area contributed by atoms with Crippen molar-refractivity contribution < 1.29 is 9.59 Å². The molecule has 2 amide bonds. The van der Waals surface area contributed by atoms with E-state index in [9.17, 15) is 9.59 Å². The van der Waals surface area contributed by atoms with E-state index in [-0.39, 0.29) is 0 Å². The lowest BCUT2D eigenvalue weighted by molar-refractivity contribution is -0.107. The van der Waals surface area contributed by atoms with Crippen LogP contribution in [0.2, 0.25) is 0 Å². The van der Waals surface area contributed by atoms with Crippen LogP contribution >= 0.6 is 0 Å². The Labute approximate surface area is 82.1 Å². The number of carbonyl (C=O) groups is 2. The first-order valence-corrected chi connectivity index (χ1v) is 4.27. The summed E-state index contributed by atoms with van der Waals surface area (Å²) in [5.41, 5.74) is 6.77. The van der Waals surface area contributed by atoms with Crippen molar-refractivity contribution in [1.82, 2.24) is 5.32 Å². The average Bonchev–Trinajstić information content (AvgIpc) is 2.17. The molecule has 0 spiro atoms. The summed E-state index contributed by atoms with van der Waals surface area (Å²) in [6.45, 7) is 0.360. The number of rotatable bonds is 4. The van der Waals surface area contributed by atoms with Gasteiger partial charge in [-0.3, -0.25) is 0 Å². The van der Waals surface area contributed by atoms with E-state index in [0.717, 1.165) is 17.4 Å². The lowest BCUT2D eigenvalue weighted by atomic mass is 10.1. The Balaban J connectivity index is 2.73. The van der Waals surface area contributed by atoms with Crippen LogP contribution in [-0.4, -0.2) is 12.3 Å². The first kappa shape index (κ1) is 10.2. The van der Waals surface area contributed by atoms with Gasteiger partial charge in [0.25, 0.3) is 0 Å². The molecular weight excluding hydrogens is 180 g/mol. The number of benzene rings is 1. The predicted octanol–water partition coefficient (Wildman–Crippen LogP) is 0.596. The Morgan fingerprint density at radius 1 is 1.36 bits per heavy atom. The largest absolute Gasteiger partial charge is 0.352 e. The zero-order valence-electron chi connectivity index (χ0n) is 7.69. The predicted molar refractivity (Wildman–Crippen MR) is 52.6 cm³/mol. The molecule has 1 aromatic rings. The molecule has 14 heavy (non-hydrogen) atoms. The van der Waals surface area contributed by atoms with Crippen LogP contribution < -0.4 is 11.1 Å². The van der Waals surface area contributed by atoms with Crippen LogP contribution in [0.1, 0.15) is 11.1 Å². The Morgan fingerprint density at radius 3 is 2.57 bits per heavy atom. The lowest BCUT2D eigenvalue weighted by Gasteiger charge is -2.06. The zero-order valence-corrected chi connectivity index (χ0v) is 7.69. The van der Waals surface area contributed by atoms with Crippen LogP contribution in [0.5, 0.6) is 0 Å². The molecule has 0 aromatic heterocycles. The Morgan fingerprint density at radius 2 is 2.00 bits per heavy atom. The number of nitrogens with one attached hydrogen (secondary N) is 1. The molecule has 0 saturated heterocycles. The van der Waals surface area contributed by atoms with Crippen molar-refractivity contribution in [3.05, 3.63) is 35.4 Å². The summed E-state index contributed by atoms with van der Waals surface area (Å²) >= 11 is 0. The summed E-state index contributed by atoms with van der Waals surface area (Å²) in [4.78, 5) is 20.8. The highest BCUT2D eigenvalue weighted by Gasteiger charge is 2.01. The van der Waals surface area contributed by atoms with Crippen LogP contribution in [0.25, 0.3) is 0 Å². The van der Waals surface area contributed by atoms with Crippen molar-refractivity contribution in [2.45, 2.75) is 13.0 Å². The minimum absolute atomic E-state index is 0.358. The summed E-state index contributed by atoms with van der Waals surface area (Å²) in [6, 6.07) is 6.85. The van der Waals surface area contributed by atoms with E-state index in [0.29, 0.717) is 13.0 Å². The van der Waals surface area contributed by atoms with Gasteiger partial charge in [-0.25, -0.2) is 4.79 Å². The van der Waals surface area contributed by atoms with Gasteiger partial charge in [-0.15, -0.1) is 0 Å². The van der Waals surface area contributed by atoms with Crippen molar-refractivity contribution >= 4 is 12.3 Å². The normalized spacial score (nSPS) is 9.43. The maximum absolute atomic E-state index is 10.5. The second-order valence-electron chi connectivity index (χ2n) is 2.86. The van der Waals surface area contributed by atoms with Gasteiger partial charge in [0.05, 0.1) is 0 Å². The number of hydrogen-bond donors (Lipinski definition) is 2. The van der Waals surface area contributed by atoms with Crippen LogP contribution in [-0.2, 0) is 17.8 Å². The molecule has 1 rings (SSSR count). The Bertz CT molecular complexity index is 337. The fourth-order valence-corrected chi connectivity index (χ4v) is 1.20. The molecule has 3 N–H and O–H groups in total. The minimum Gasteiger partial charge on any atom is -0.352 e. The molecule has 74 valence electrons. The standard InChI is InChI=1S/C10H12N2O2/c11-10(14)12-7-9-4-2-1-3-8(9)5-6-13/h1-4,6H,5,7H2,(H3,11,12,14). The third-order valence-electron chi connectivity index (χ3n) is 1.87. The van der Waals surface area contributed by atoms with Crippen molar-refractivity contribution in [3.8, 4) is 0 Å². The summed E-state index contributed by atoms with van der Waals surface area (Å²) < 4.78 is 0. The van der Waals surface area contributed by atoms with Crippen LogP contribution in [0.15, 0.2) is 24.3 Å². The van der Waals surface area contributed by atoms with Crippen molar-refractivity contribution in [1.29, 1.82) is 0 Å². The fourth-order valence-electron chi connectivity index (χ4n) is 1.20. The number of urea groups is 1. The van der Waals surface area contributed by atoms with Gasteiger partial charge in [0.1, 0.15) is 6.29 Å². The molecular formula is C10H12N2O2. The summed E-state index contributed by atoms with van der Waals surface area (Å²) in [6.07, 6.45) is 1.19. The molecule has 4 heteroatoms. The van der Waals surface area contributed by atoms with Gasteiger partial charge in [-0.2, -0.15) is 0 Å². The van der Waals surface area contributed by atoms with Gasteiger partial charge >= 0.3 is 6.03 Å². The van der Waals surface area contributed by atoms with Crippen LogP contribution in [0, 0.1) is 0 Å². The first-order valence-electron chi connectivity index (χ1n) is 4.27. The van der Waals surface area contributed by atoms with E-state index in [1.165, 1.54) is 0 Å². The minimum atomic E-state index is -0.564.